The van der Waals surface area contributed by atoms with Gasteiger partial charge in [0.2, 0.25) is 6.23 Å². The van der Waals surface area contributed by atoms with Gasteiger partial charge in [-0.3, -0.25) is 0 Å². The van der Waals surface area contributed by atoms with Crippen molar-refractivity contribution in [1.82, 2.24) is 5.01 Å². The van der Waals surface area contributed by atoms with E-state index >= 15 is 0 Å². The number of hydrazone groups is 1. The zero-order valence-electron chi connectivity index (χ0n) is 21.8. The zero-order chi connectivity index (χ0) is 26.8. The van der Waals surface area contributed by atoms with Crippen LogP contribution in [0.15, 0.2) is 53.6 Å². The maximum Gasteiger partial charge on any atom is 0.214 e. The average molecular weight is 557 g/mol. The van der Waals surface area contributed by atoms with Crippen molar-refractivity contribution in [3.63, 3.8) is 0 Å². The molecule has 2 aliphatic rings. The Labute approximate surface area is 232 Å². The molecular formula is C29H30Cl2N2O5. The average Bonchev–Trinajstić information content (AvgIpc) is 3.38. The van der Waals surface area contributed by atoms with Crippen molar-refractivity contribution in [2.45, 2.75) is 38.5 Å². The highest BCUT2D eigenvalue weighted by atomic mass is 35.5. The minimum Gasteiger partial charge on any atom is -0.493 e. The molecule has 0 aliphatic carbocycles. The zero-order valence-corrected chi connectivity index (χ0v) is 23.3. The maximum absolute atomic E-state index is 6.63. The number of hydrogen-bond acceptors (Lipinski definition) is 7. The molecule has 3 aromatic rings. The summed E-state index contributed by atoms with van der Waals surface area (Å²) in [5.74, 6) is 3.23. The number of halogens is 2. The van der Waals surface area contributed by atoms with Crippen molar-refractivity contribution in [3.05, 3.63) is 75.3 Å². The van der Waals surface area contributed by atoms with Gasteiger partial charge in [0.15, 0.2) is 23.0 Å². The highest BCUT2D eigenvalue weighted by molar-refractivity contribution is 6.35. The molecule has 200 valence electrons. The van der Waals surface area contributed by atoms with Crippen LogP contribution in [0.5, 0.6) is 28.7 Å². The van der Waals surface area contributed by atoms with Crippen molar-refractivity contribution in [1.29, 1.82) is 0 Å². The van der Waals surface area contributed by atoms with E-state index in [0.717, 1.165) is 35.2 Å². The summed E-state index contributed by atoms with van der Waals surface area (Å²) in [5.41, 5.74) is 3.58. The van der Waals surface area contributed by atoms with E-state index in [4.69, 9.17) is 52.0 Å². The molecule has 0 radical (unpaired) electrons. The van der Waals surface area contributed by atoms with E-state index in [2.05, 4.69) is 6.92 Å². The third-order valence-corrected chi connectivity index (χ3v) is 7.25. The first-order valence-electron chi connectivity index (χ1n) is 12.5. The van der Waals surface area contributed by atoms with Gasteiger partial charge in [0.05, 0.1) is 44.7 Å². The van der Waals surface area contributed by atoms with Crippen LogP contribution in [0.1, 0.15) is 55.1 Å². The molecule has 0 amide bonds. The minimum atomic E-state index is -0.539. The number of rotatable bonds is 9. The van der Waals surface area contributed by atoms with E-state index in [-0.39, 0.29) is 6.04 Å². The molecule has 0 bridgehead atoms. The van der Waals surface area contributed by atoms with Gasteiger partial charge < -0.3 is 23.7 Å². The van der Waals surface area contributed by atoms with E-state index < -0.39 is 6.23 Å². The van der Waals surface area contributed by atoms with Gasteiger partial charge in [-0.25, -0.2) is 5.01 Å². The second kappa shape index (κ2) is 11.2. The number of unbranched alkanes of at least 4 members (excludes halogenated alkanes) is 1. The van der Waals surface area contributed by atoms with Crippen LogP contribution in [0.3, 0.4) is 0 Å². The fourth-order valence-corrected chi connectivity index (χ4v) is 5.36. The maximum atomic E-state index is 6.63. The summed E-state index contributed by atoms with van der Waals surface area (Å²) < 4.78 is 29.0. The summed E-state index contributed by atoms with van der Waals surface area (Å²) in [6, 6.07) is 15.1. The molecule has 5 rings (SSSR count). The standard InChI is InChI=1S/C29H30Cl2N2O5/c1-5-6-11-37-25-10-8-18(13-27(25)36-4)29-33-23(20-14-19(30)15-21(31)28(20)38-29)16-22(32-33)17-7-9-24(34-2)26(12-17)35-3/h7-10,12-15,23,29H,5-6,11,16H2,1-4H3/t23-,29-/m1/s1. The van der Waals surface area contributed by atoms with Gasteiger partial charge in [-0.1, -0.05) is 36.5 Å². The Bertz CT molecular complexity index is 1360. The largest absolute Gasteiger partial charge is 0.493 e. The third kappa shape index (κ3) is 4.93. The van der Waals surface area contributed by atoms with Crippen LogP contribution in [0.2, 0.25) is 10.0 Å². The first-order chi connectivity index (χ1) is 18.5. The molecule has 0 unspecified atom stereocenters. The van der Waals surface area contributed by atoms with Gasteiger partial charge in [0.25, 0.3) is 0 Å². The van der Waals surface area contributed by atoms with E-state index in [1.54, 1.807) is 27.4 Å². The number of methoxy groups -OCH3 is 3. The van der Waals surface area contributed by atoms with Crippen LogP contribution >= 0.6 is 23.2 Å². The molecular weight excluding hydrogens is 527 g/mol. The van der Waals surface area contributed by atoms with Gasteiger partial charge >= 0.3 is 0 Å². The molecule has 9 heteroatoms. The number of ether oxygens (including phenoxy) is 5. The molecule has 2 heterocycles. The monoisotopic (exact) mass is 556 g/mol. The van der Waals surface area contributed by atoms with Crippen LogP contribution in [-0.4, -0.2) is 38.7 Å². The molecule has 3 aromatic carbocycles. The number of hydrogen-bond donors (Lipinski definition) is 0. The van der Waals surface area contributed by atoms with Crippen LogP contribution in [-0.2, 0) is 0 Å². The van der Waals surface area contributed by atoms with Gasteiger partial charge in [0.1, 0.15) is 5.75 Å². The Morgan fingerprint density at radius 1 is 0.921 bits per heavy atom. The lowest BCUT2D eigenvalue weighted by molar-refractivity contribution is -0.0190. The second-order valence-corrected chi connectivity index (χ2v) is 9.95. The first-order valence-corrected chi connectivity index (χ1v) is 13.3. The molecule has 7 nitrogen and oxygen atoms in total. The lowest BCUT2D eigenvalue weighted by Crippen LogP contribution is -2.33. The SMILES string of the molecule is CCCCOc1ccc([C@H]2Oc3c(Cl)cc(Cl)cc3[C@H]3CC(c4ccc(OC)c(OC)c4)=NN32)cc1OC. The smallest absolute Gasteiger partial charge is 0.214 e. The predicted octanol–water partition coefficient (Wildman–Crippen LogP) is 7.44. The fraction of sp³-hybridized carbons (Fsp3) is 0.345. The van der Waals surface area contributed by atoms with Crippen molar-refractivity contribution in [3.8, 4) is 28.7 Å². The van der Waals surface area contributed by atoms with E-state index in [1.165, 1.54) is 0 Å². The number of fused-ring (bicyclic) bond motifs is 3. The lowest BCUT2D eigenvalue weighted by Gasteiger charge is -2.38. The first kappa shape index (κ1) is 26.3. The second-order valence-electron chi connectivity index (χ2n) is 9.10. The van der Waals surface area contributed by atoms with Crippen molar-refractivity contribution in [2.24, 2.45) is 5.10 Å². The molecule has 0 saturated heterocycles. The van der Waals surface area contributed by atoms with E-state index in [1.807, 2.05) is 47.5 Å². The molecule has 0 aromatic heterocycles. The molecule has 0 N–H and O–H groups in total. The minimum absolute atomic E-state index is 0.130. The molecule has 0 spiro atoms. The summed E-state index contributed by atoms with van der Waals surface area (Å²) in [5, 5.41) is 8.01. The molecule has 0 fully saturated rings. The van der Waals surface area contributed by atoms with Crippen LogP contribution in [0, 0.1) is 0 Å². The van der Waals surface area contributed by atoms with Crippen molar-refractivity contribution < 1.29 is 23.7 Å². The van der Waals surface area contributed by atoms with Gasteiger partial charge in [-0.15, -0.1) is 0 Å². The fourth-order valence-electron chi connectivity index (χ4n) is 4.81. The van der Waals surface area contributed by atoms with Crippen molar-refractivity contribution >= 4 is 28.9 Å². The highest BCUT2D eigenvalue weighted by Gasteiger charge is 2.42. The molecule has 38 heavy (non-hydrogen) atoms. The van der Waals surface area contributed by atoms with E-state index in [9.17, 15) is 0 Å². The van der Waals surface area contributed by atoms with Crippen molar-refractivity contribution in [2.75, 3.05) is 27.9 Å². The predicted molar refractivity (Wildman–Crippen MR) is 149 cm³/mol. The summed E-state index contributed by atoms with van der Waals surface area (Å²) in [4.78, 5) is 0. The van der Waals surface area contributed by atoms with E-state index in [0.29, 0.717) is 51.8 Å². The Kier molecular flexibility index (Phi) is 7.77. The Balaban J connectivity index is 1.56. The summed E-state index contributed by atoms with van der Waals surface area (Å²) in [6.07, 6.45) is 2.12. The topological polar surface area (TPSA) is 61.8 Å². The molecule has 2 aliphatic heterocycles. The van der Waals surface area contributed by atoms with Crippen LogP contribution in [0.25, 0.3) is 0 Å². The third-order valence-electron chi connectivity index (χ3n) is 6.75. The Morgan fingerprint density at radius 3 is 2.39 bits per heavy atom. The number of nitrogens with zero attached hydrogens (tertiary/aromatic N) is 2. The molecule has 2 atom stereocenters. The van der Waals surface area contributed by atoms with Crippen LogP contribution in [0.4, 0.5) is 0 Å². The summed E-state index contributed by atoms with van der Waals surface area (Å²) in [7, 11) is 4.87. The van der Waals surface area contributed by atoms with Gasteiger partial charge in [-0.2, -0.15) is 5.10 Å². The Hall–Kier alpha value is -3.29. The lowest BCUT2D eigenvalue weighted by atomic mass is 9.95. The summed E-state index contributed by atoms with van der Waals surface area (Å²) >= 11 is 13.0. The Morgan fingerprint density at radius 2 is 1.66 bits per heavy atom. The normalized spacial score (nSPS) is 17.7. The quantitative estimate of drug-likeness (QED) is 0.255. The molecule has 0 saturated carbocycles. The van der Waals surface area contributed by atoms with Crippen LogP contribution < -0.4 is 23.7 Å². The summed E-state index contributed by atoms with van der Waals surface area (Å²) in [6.45, 7) is 2.76. The highest BCUT2D eigenvalue weighted by Crippen LogP contribution is 2.51. The van der Waals surface area contributed by atoms with Gasteiger partial charge in [0, 0.05) is 28.1 Å². The van der Waals surface area contributed by atoms with Gasteiger partial charge in [-0.05, 0) is 55.0 Å². The number of benzene rings is 3.